The Kier molecular flexibility index (Phi) is 9.10. The van der Waals surface area contributed by atoms with Crippen LogP contribution in [0.1, 0.15) is 18.1 Å². The lowest BCUT2D eigenvalue weighted by atomic mass is 10.2. The molecule has 0 fully saturated rings. The van der Waals surface area contributed by atoms with Gasteiger partial charge in [-0.1, -0.05) is 71.2 Å². The molecule has 232 valence electrons. The Morgan fingerprint density at radius 1 is 0.889 bits per heavy atom. The van der Waals surface area contributed by atoms with Crippen LogP contribution in [-0.4, -0.2) is 39.0 Å². The van der Waals surface area contributed by atoms with Gasteiger partial charge in [0, 0.05) is 0 Å². The van der Waals surface area contributed by atoms with E-state index in [0.717, 1.165) is 28.3 Å². The van der Waals surface area contributed by atoms with E-state index in [4.69, 9.17) is 23.2 Å². The van der Waals surface area contributed by atoms with Crippen molar-refractivity contribution in [3.8, 4) is 0 Å². The summed E-state index contributed by atoms with van der Waals surface area (Å²) in [5.41, 5.74) is 2.76. The molecule has 1 atom stereocenters. The van der Waals surface area contributed by atoms with Crippen molar-refractivity contribution in [1.29, 1.82) is 0 Å². The summed E-state index contributed by atoms with van der Waals surface area (Å²) in [7, 11) is -8.57. The highest BCUT2D eigenvalue weighted by atomic mass is 35.5. The molecule has 1 aliphatic rings. The van der Waals surface area contributed by atoms with Crippen LogP contribution in [0.4, 0.5) is 17.1 Å². The van der Waals surface area contributed by atoms with Crippen LogP contribution in [0.5, 0.6) is 0 Å². The first-order valence-electron chi connectivity index (χ1n) is 13.3. The van der Waals surface area contributed by atoms with Gasteiger partial charge in [0.05, 0.1) is 44.3 Å². The number of rotatable bonds is 9. The number of nitrogens with zero attached hydrogens (tertiary/aromatic N) is 5. The minimum atomic E-state index is -4.64. The second-order valence-corrected chi connectivity index (χ2v) is 14.1. The highest BCUT2D eigenvalue weighted by Gasteiger charge is 2.36. The van der Waals surface area contributed by atoms with E-state index in [1.807, 2.05) is 37.3 Å². The largest absolute Gasteiger partial charge is 0.296 e. The summed E-state index contributed by atoms with van der Waals surface area (Å²) in [5.74, 6) is -0.622. The molecule has 0 aromatic heterocycles. The van der Waals surface area contributed by atoms with E-state index in [1.54, 1.807) is 55.5 Å². The molecule has 1 amide bonds. The molecule has 0 aliphatic carbocycles. The number of anilines is 2. The van der Waals surface area contributed by atoms with E-state index in [2.05, 4.69) is 15.3 Å². The van der Waals surface area contributed by atoms with Gasteiger partial charge < -0.3 is 0 Å². The van der Waals surface area contributed by atoms with Crippen LogP contribution in [0.25, 0.3) is 0 Å². The molecule has 5 rings (SSSR count). The molecule has 0 bridgehead atoms. The third kappa shape index (κ3) is 6.92. The highest BCUT2D eigenvalue weighted by molar-refractivity contribution is 7.92. The summed E-state index contributed by atoms with van der Waals surface area (Å²) < 4.78 is 61.2. The zero-order valence-corrected chi connectivity index (χ0v) is 26.9. The fraction of sp³-hybridized carbons (Fsp3) is 0.133. The predicted molar refractivity (Wildman–Crippen MR) is 173 cm³/mol. The number of halogens is 2. The Hall–Kier alpha value is -4.14. The van der Waals surface area contributed by atoms with Crippen LogP contribution in [0.15, 0.2) is 116 Å². The summed E-state index contributed by atoms with van der Waals surface area (Å²) in [6.07, 6.45) is 0. The topological polar surface area (TPSA) is 149 Å². The van der Waals surface area contributed by atoms with Crippen LogP contribution in [0.3, 0.4) is 0 Å². The number of aryl methyl sites for hydroxylation is 1. The molecule has 4 aromatic rings. The molecule has 1 N–H and O–H groups in total. The van der Waals surface area contributed by atoms with E-state index in [9.17, 15) is 26.2 Å². The number of hydrazone groups is 1. The number of carbonyl (C=O) groups is 1. The van der Waals surface area contributed by atoms with Crippen LogP contribution in [0, 0.1) is 6.92 Å². The van der Waals surface area contributed by atoms with Crippen molar-refractivity contribution >= 4 is 72.0 Å². The molecule has 0 saturated heterocycles. The first-order chi connectivity index (χ1) is 21.3. The lowest BCUT2D eigenvalue weighted by molar-refractivity contribution is -0.117. The summed E-state index contributed by atoms with van der Waals surface area (Å²) >= 11 is 12.2. The summed E-state index contributed by atoms with van der Waals surface area (Å²) in [5, 5.41) is 12.9. The van der Waals surface area contributed by atoms with Gasteiger partial charge in [-0.2, -0.15) is 28.8 Å². The van der Waals surface area contributed by atoms with Crippen molar-refractivity contribution in [2.75, 3.05) is 9.31 Å². The maximum atomic E-state index is 13.7. The Morgan fingerprint density at radius 3 is 2.16 bits per heavy atom. The average molecular weight is 687 g/mol. The quantitative estimate of drug-likeness (QED) is 0.151. The number of benzene rings is 4. The van der Waals surface area contributed by atoms with E-state index in [1.165, 1.54) is 4.31 Å². The molecule has 0 spiro atoms. The van der Waals surface area contributed by atoms with Gasteiger partial charge in [0.1, 0.15) is 4.90 Å². The Labute approximate surface area is 270 Å². The van der Waals surface area contributed by atoms with E-state index >= 15 is 0 Å². The minimum Gasteiger partial charge on any atom is -0.282 e. The van der Waals surface area contributed by atoms with Gasteiger partial charge in [0.15, 0.2) is 6.04 Å². The van der Waals surface area contributed by atoms with Gasteiger partial charge in [0.25, 0.3) is 26.0 Å². The van der Waals surface area contributed by atoms with Crippen LogP contribution >= 0.6 is 23.2 Å². The van der Waals surface area contributed by atoms with Crippen molar-refractivity contribution in [2.45, 2.75) is 36.2 Å². The normalized spacial score (nSPS) is 15.5. The first kappa shape index (κ1) is 32.3. The van der Waals surface area contributed by atoms with Crippen LogP contribution < -0.4 is 9.31 Å². The van der Waals surface area contributed by atoms with Crippen LogP contribution in [0.2, 0.25) is 10.0 Å². The zero-order valence-electron chi connectivity index (χ0n) is 23.7. The van der Waals surface area contributed by atoms with Crippen molar-refractivity contribution in [3.63, 3.8) is 0 Å². The fourth-order valence-corrected chi connectivity index (χ4v) is 7.24. The van der Waals surface area contributed by atoms with Crippen LogP contribution in [-0.2, 0) is 31.5 Å². The van der Waals surface area contributed by atoms with E-state index in [-0.39, 0.29) is 32.9 Å². The lowest BCUT2D eigenvalue weighted by Crippen LogP contribution is -2.30. The summed E-state index contributed by atoms with van der Waals surface area (Å²) in [6.45, 7) is 3.53. The van der Waals surface area contributed by atoms with Crippen molar-refractivity contribution in [1.82, 2.24) is 0 Å². The highest BCUT2D eigenvalue weighted by Crippen LogP contribution is 2.36. The van der Waals surface area contributed by atoms with Gasteiger partial charge in [-0.25, -0.2) is 8.42 Å². The number of carbonyl (C=O) groups excluding carboxylic acids is 1. The van der Waals surface area contributed by atoms with E-state index < -0.39 is 37.0 Å². The maximum Gasteiger partial charge on any atom is 0.296 e. The first-order valence-corrected chi connectivity index (χ1v) is 16.9. The maximum absolute atomic E-state index is 13.7. The molecular formula is C30H25Cl2N5O6S2. The van der Waals surface area contributed by atoms with Crippen molar-refractivity contribution in [2.24, 2.45) is 15.3 Å². The molecule has 1 aliphatic heterocycles. The lowest BCUT2D eigenvalue weighted by Gasteiger charge is -2.25. The Bertz CT molecular complexity index is 2040. The van der Waals surface area contributed by atoms with Gasteiger partial charge in [-0.3, -0.25) is 13.7 Å². The molecule has 4 aromatic carbocycles. The Morgan fingerprint density at radius 2 is 1.53 bits per heavy atom. The Balaban J connectivity index is 1.39. The van der Waals surface area contributed by atoms with Crippen molar-refractivity contribution < 1.29 is 26.2 Å². The number of hydrogen-bond donors (Lipinski definition) is 1. The molecule has 1 unspecified atom stereocenters. The standard InChI is InChI=1S/C30H25Cl2N5O6S2/c1-19-8-14-24(15-9-19)44(39,40)36(18-21-6-4-3-5-7-21)23-12-10-22(11-13-23)33-34-29-20(2)35-37(30(29)38)27-16-26(32)28(17-25(27)31)45(41,42)43/h3-17,29H,18H2,1-2H3,(H,41,42,43). The molecule has 1 heterocycles. The minimum absolute atomic E-state index is 0.00577. The molecule has 11 nitrogen and oxygen atoms in total. The summed E-state index contributed by atoms with van der Waals surface area (Å²) in [4.78, 5) is 12.7. The van der Waals surface area contributed by atoms with Gasteiger partial charge in [0.2, 0.25) is 0 Å². The number of sulfonamides is 1. The second kappa shape index (κ2) is 12.7. The average Bonchev–Trinajstić information content (AvgIpc) is 3.28. The molecule has 45 heavy (non-hydrogen) atoms. The number of hydrogen-bond acceptors (Lipinski definition) is 8. The monoisotopic (exact) mass is 685 g/mol. The third-order valence-electron chi connectivity index (χ3n) is 6.81. The second-order valence-electron chi connectivity index (χ2n) is 10.0. The smallest absolute Gasteiger partial charge is 0.282 e. The fourth-order valence-electron chi connectivity index (χ4n) is 4.45. The van der Waals surface area contributed by atoms with Gasteiger partial charge >= 0.3 is 0 Å². The summed E-state index contributed by atoms with van der Waals surface area (Å²) in [6, 6.07) is 23.1. The van der Waals surface area contributed by atoms with Gasteiger partial charge in [-0.05, 0) is 67.9 Å². The predicted octanol–water partition coefficient (Wildman–Crippen LogP) is 6.82. The SMILES string of the molecule is CC1=NN(c2cc(Cl)c(S(=O)(=O)O)cc2Cl)C(=O)C1N=Nc1ccc(N(Cc2ccccc2)S(=O)(=O)c2ccc(C)cc2)cc1. The zero-order chi connectivity index (χ0) is 32.5. The molecule has 0 saturated carbocycles. The molecular weight excluding hydrogens is 661 g/mol. The third-order valence-corrected chi connectivity index (χ3v) is 10.2. The van der Waals surface area contributed by atoms with Gasteiger partial charge in [-0.15, -0.1) is 0 Å². The van der Waals surface area contributed by atoms with E-state index in [0.29, 0.717) is 11.4 Å². The number of azo groups is 1. The molecule has 15 heteroatoms. The molecule has 0 radical (unpaired) electrons. The number of amides is 1. The van der Waals surface area contributed by atoms with Crippen molar-refractivity contribution in [3.05, 3.63) is 112 Å².